The van der Waals surface area contributed by atoms with E-state index < -0.39 is 6.10 Å². The van der Waals surface area contributed by atoms with Gasteiger partial charge in [-0.1, -0.05) is 35.3 Å². The Balaban J connectivity index is 2.15. The number of ether oxygens (including phenoxy) is 1. The predicted molar refractivity (Wildman–Crippen MR) is 73.7 cm³/mol. The number of halogens is 2. The fourth-order valence-electron chi connectivity index (χ4n) is 1.64. The van der Waals surface area contributed by atoms with E-state index in [4.69, 9.17) is 27.9 Å². The first kappa shape index (κ1) is 14.1. The first-order chi connectivity index (χ1) is 9.11. The lowest BCUT2D eigenvalue weighted by atomic mass is 10.1. The second kappa shape index (κ2) is 6.19. The van der Waals surface area contributed by atoms with Crippen molar-refractivity contribution < 1.29 is 9.84 Å². The lowest BCUT2D eigenvalue weighted by molar-refractivity contribution is 0.172. The number of aromatic nitrogens is 2. The summed E-state index contributed by atoms with van der Waals surface area (Å²) in [5.41, 5.74) is 1.22. The van der Waals surface area contributed by atoms with Crippen LogP contribution >= 0.6 is 23.2 Å². The van der Waals surface area contributed by atoms with E-state index in [-0.39, 0.29) is 0 Å². The average molecular weight is 299 g/mol. The minimum Gasteiger partial charge on any atom is -0.480 e. The van der Waals surface area contributed by atoms with Gasteiger partial charge in [0.15, 0.2) is 0 Å². The molecule has 100 valence electrons. The molecule has 1 atom stereocenters. The number of aliphatic hydroxyl groups is 1. The van der Waals surface area contributed by atoms with Crippen molar-refractivity contribution in [2.75, 3.05) is 7.11 Å². The molecule has 0 radical (unpaired) electrons. The third-order valence-corrected chi connectivity index (χ3v) is 3.51. The minimum absolute atomic E-state index is 0.320. The second-order valence-electron chi connectivity index (χ2n) is 3.93. The number of nitrogens with zero attached hydrogens (tertiary/aromatic N) is 2. The molecule has 19 heavy (non-hydrogen) atoms. The Morgan fingerprint density at radius 2 is 2.00 bits per heavy atom. The molecule has 1 heterocycles. The molecule has 0 saturated carbocycles. The van der Waals surface area contributed by atoms with Gasteiger partial charge in [-0.3, -0.25) is 0 Å². The first-order valence-electron chi connectivity index (χ1n) is 5.60. The summed E-state index contributed by atoms with van der Waals surface area (Å²) in [6, 6.07) is 8.61. The highest BCUT2D eigenvalue weighted by molar-refractivity contribution is 6.42. The molecule has 2 aromatic rings. The molecule has 0 amide bonds. The molecule has 0 aliphatic heterocycles. The minimum atomic E-state index is -0.797. The first-order valence-corrected chi connectivity index (χ1v) is 6.36. The van der Waals surface area contributed by atoms with E-state index in [1.165, 1.54) is 7.11 Å². The summed E-state index contributed by atoms with van der Waals surface area (Å²) in [5.74, 6) is 0.400. The van der Waals surface area contributed by atoms with Crippen LogP contribution in [0.5, 0.6) is 5.88 Å². The highest BCUT2D eigenvalue weighted by atomic mass is 35.5. The zero-order valence-electron chi connectivity index (χ0n) is 10.2. The van der Waals surface area contributed by atoms with E-state index in [2.05, 4.69) is 10.2 Å². The molecule has 0 saturated heterocycles. The number of benzene rings is 1. The fourth-order valence-corrected chi connectivity index (χ4v) is 2.03. The Kier molecular flexibility index (Phi) is 4.58. The van der Waals surface area contributed by atoms with Crippen LogP contribution in [0.1, 0.15) is 17.4 Å². The summed E-state index contributed by atoms with van der Waals surface area (Å²) in [6.45, 7) is 0. The van der Waals surface area contributed by atoms with E-state index in [9.17, 15) is 5.11 Å². The summed E-state index contributed by atoms with van der Waals surface area (Å²) < 4.78 is 4.91. The van der Waals surface area contributed by atoms with Crippen LogP contribution in [0.25, 0.3) is 0 Å². The number of hydrogen-bond donors (Lipinski definition) is 1. The average Bonchev–Trinajstić information content (AvgIpc) is 2.44. The summed E-state index contributed by atoms with van der Waals surface area (Å²) >= 11 is 12.0. The molecular formula is C13H12Cl2N2O2. The number of methoxy groups -OCH3 is 1. The number of rotatable bonds is 4. The maximum atomic E-state index is 10.1. The molecule has 1 aromatic heterocycles. The standard InChI is InChI=1S/C13H12Cl2N2O2/c1-19-12-6-5-10(16-17-12)11(18)7-8-3-2-4-9(14)13(8)15/h2-6,11,18H,7H2,1H3. The van der Waals surface area contributed by atoms with Gasteiger partial charge in [0.2, 0.25) is 5.88 Å². The normalized spacial score (nSPS) is 12.2. The Hall–Kier alpha value is -1.36. The van der Waals surface area contributed by atoms with Crippen LogP contribution in [-0.4, -0.2) is 22.4 Å². The molecule has 0 bridgehead atoms. The summed E-state index contributed by atoms with van der Waals surface area (Å²) in [7, 11) is 1.51. The molecule has 1 N–H and O–H groups in total. The van der Waals surface area contributed by atoms with E-state index >= 15 is 0 Å². The quantitative estimate of drug-likeness (QED) is 0.942. The van der Waals surface area contributed by atoms with Gasteiger partial charge in [-0.25, -0.2) is 0 Å². The predicted octanol–water partition coefficient (Wildman–Crippen LogP) is 3.07. The monoisotopic (exact) mass is 298 g/mol. The zero-order chi connectivity index (χ0) is 13.8. The van der Waals surface area contributed by atoms with Gasteiger partial charge in [0.05, 0.1) is 22.8 Å². The van der Waals surface area contributed by atoms with Gasteiger partial charge < -0.3 is 9.84 Å². The molecule has 0 aliphatic rings. The van der Waals surface area contributed by atoms with Crippen LogP contribution in [-0.2, 0) is 6.42 Å². The van der Waals surface area contributed by atoms with Crippen LogP contribution < -0.4 is 4.74 Å². The number of aliphatic hydroxyl groups excluding tert-OH is 1. The van der Waals surface area contributed by atoms with Crippen LogP contribution in [0.2, 0.25) is 10.0 Å². The van der Waals surface area contributed by atoms with Gasteiger partial charge in [-0.2, -0.15) is 0 Å². The van der Waals surface area contributed by atoms with Gasteiger partial charge in [0.1, 0.15) is 6.10 Å². The SMILES string of the molecule is COc1ccc(C(O)Cc2cccc(Cl)c2Cl)nn1. The van der Waals surface area contributed by atoms with Crippen molar-refractivity contribution in [3.05, 3.63) is 51.6 Å². The van der Waals surface area contributed by atoms with E-state index in [0.717, 1.165) is 5.56 Å². The molecule has 0 spiro atoms. The van der Waals surface area contributed by atoms with E-state index in [1.54, 1.807) is 24.3 Å². The molecule has 0 aliphatic carbocycles. The van der Waals surface area contributed by atoms with E-state index in [0.29, 0.717) is 28.0 Å². The molecule has 0 fully saturated rings. The van der Waals surface area contributed by atoms with Crippen molar-refractivity contribution >= 4 is 23.2 Å². The lowest BCUT2D eigenvalue weighted by Crippen LogP contribution is -2.06. The Bertz CT molecular complexity index is 561. The third-order valence-electron chi connectivity index (χ3n) is 2.66. The Labute approximate surface area is 121 Å². The van der Waals surface area contributed by atoms with Crippen LogP contribution in [0, 0.1) is 0 Å². The lowest BCUT2D eigenvalue weighted by Gasteiger charge is -2.11. The van der Waals surface area contributed by atoms with Gasteiger partial charge in [-0.15, -0.1) is 10.2 Å². The molecule has 4 nitrogen and oxygen atoms in total. The Morgan fingerprint density at radius 1 is 1.21 bits per heavy atom. The van der Waals surface area contributed by atoms with Crippen molar-refractivity contribution in [1.29, 1.82) is 0 Å². The molecular weight excluding hydrogens is 287 g/mol. The topological polar surface area (TPSA) is 55.2 Å². The van der Waals surface area contributed by atoms with Crippen molar-refractivity contribution in [2.45, 2.75) is 12.5 Å². The van der Waals surface area contributed by atoms with Gasteiger partial charge in [-0.05, 0) is 17.7 Å². The summed E-state index contributed by atoms with van der Waals surface area (Å²) in [6.07, 6.45) is -0.477. The van der Waals surface area contributed by atoms with Gasteiger partial charge in [0.25, 0.3) is 0 Å². The highest BCUT2D eigenvalue weighted by Gasteiger charge is 2.14. The molecule has 1 aromatic carbocycles. The second-order valence-corrected chi connectivity index (χ2v) is 4.72. The zero-order valence-corrected chi connectivity index (χ0v) is 11.7. The van der Waals surface area contributed by atoms with Crippen molar-refractivity contribution in [3.63, 3.8) is 0 Å². The number of hydrogen-bond acceptors (Lipinski definition) is 4. The molecule has 2 rings (SSSR count). The summed E-state index contributed by atoms with van der Waals surface area (Å²) in [5, 5.41) is 18.7. The largest absolute Gasteiger partial charge is 0.480 e. The van der Waals surface area contributed by atoms with Crippen LogP contribution in [0.15, 0.2) is 30.3 Å². The Morgan fingerprint density at radius 3 is 2.63 bits per heavy atom. The van der Waals surface area contributed by atoms with Gasteiger partial charge >= 0.3 is 0 Å². The fraction of sp³-hybridized carbons (Fsp3) is 0.231. The van der Waals surface area contributed by atoms with Crippen molar-refractivity contribution in [1.82, 2.24) is 10.2 Å². The third kappa shape index (κ3) is 3.35. The highest BCUT2D eigenvalue weighted by Crippen LogP contribution is 2.28. The molecule has 6 heteroatoms. The van der Waals surface area contributed by atoms with Crippen LogP contribution in [0.3, 0.4) is 0 Å². The van der Waals surface area contributed by atoms with Crippen LogP contribution in [0.4, 0.5) is 0 Å². The smallest absolute Gasteiger partial charge is 0.233 e. The van der Waals surface area contributed by atoms with Crippen molar-refractivity contribution in [3.8, 4) is 5.88 Å². The molecule has 1 unspecified atom stereocenters. The van der Waals surface area contributed by atoms with Gasteiger partial charge in [0, 0.05) is 12.5 Å². The van der Waals surface area contributed by atoms with Crippen molar-refractivity contribution in [2.24, 2.45) is 0 Å². The van der Waals surface area contributed by atoms with E-state index in [1.807, 2.05) is 6.07 Å². The summed E-state index contributed by atoms with van der Waals surface area (Å²) in [4.78, 5) is 0. The maximum absolute atomic E-state index is 10.1. The maximum Gasteiger partial charge on any atom is 0.233 e.